The molecule has 0 saturated carbocycles. The third-order valence-corrected chi connectivity index (χ3v) is 3.97. The number of carbonyl (C=O) groups excluding carboxylic acids is 1. The number of aliphatic hydroxyl groups is 1. The first-order valence-electron chi connectivity index (χ1n) is 6.40. The van der Waals surface area contributed by atoms with Crippen molar-refractivity contribution >= 4 is 17.2 Å². The number of benzene rings is 1. The van der Waals surface area contributed by atoms with E-state index in [9.17, 15) is 4.79 Å². The number of amides is 1. The molecule has 0 radical (unpaired) electrons. The lowest BCUT2D eigenvalue weighted by Crippen LogP contribution is -2.22. The van der Waals surface area contributed by atoms with Gasteiger partial charge in [-0.25, -0.2) is 0 Å². The first-order valence-corrected chi connectivity index (χ1v) is 7.22. The van der Waals surface area contributed by atoms with Crippen molar-refractivity contribution in [1.29, 1.82) is 0 Å². The standard InChI is InChI=1S/C14H17N3O2S/c1-9(2)14-17-16-12(20-14)7-15-13(19)11-5-3-4-10(6-11)8-18/h3-6,9,18H,7-8H2,1-2H3,(H,15,19). The molecule has 20 heavy (non-hydrogen) atoms. The number of aromatic nitrogens is 2. The van der Waals surface area contributed by atoms with Gasteiger partial charge in [0, 0.05) is 11.5 Å². The number of hydrogen-bond donors (Lipinski definition) is 2. The van der Waals surface area contributed by atoms with Gasteiger partial charge in [-0.15, -0.1) is 10.2 Å². The van der Waals surface area contributed by atoms with Crippen LogP contribution in [-0.2, 0) is 13.2 Å². The van der Waals surface area contributed by atoms with E-state index in [-0.39, 0.29) is 12.5 Å². The molecule has 1 aromatic carbocycles. The van der Waals surface area contributed by atoms with Crippen LogP contribution in [0.3, 0.4) is 0 Å². The smallest absolute Gasteiger partial charge is 0.251 e. The second-order valence-corrected chi connectivity index (χ2v) is 5.82. The van der Waals surface area contributed by atoms with E-state index in [1.54, 1.807) is 24.3 Å². The van der Waals surface area contributed by atoms with Crippen LogP contribution in [-0.4, -0.2) is 21.2 Å². The molecule has 0 unspecified atom stereocenters. The summed E-state index contributed by atoms with van der Waals surface area (Å²) < 4.78 is 0. The van der Waals surface area contributed by atoms with Crippen LogP contribution < -0.4 is 5.32 Å². The molecule has 6 heteroatoms. The SMILES string of the molecule is CC(C)c1nnc(CNC(=O)c2cccc(CO)c2)s1. The molecule has 2 N–H and O–H groups in total. The zero-order chi connectivity index (χ0) is 14.5. The Kier molecular flexibility index (Phi) is 4.81. The van der Waals surface area contributed by atoms with E-state index < -0.39 is 0 Å². The Morgan fingerprint density at radius 1 is 1.40 bits per heavy atom. The van der Waals surface area contributed by atoms with Gasteiger partial charge in [0.15, 0.2) is 0 Å². The van der Waals surface area contributed by atoms with Crippen molar-refractivity contribution in [3.8, 4) is 0 Å². The fourth-order valence-corrected chi connectivity index (χ4v) is 2.42. The molecule has 2 rings (SSSR count). The third kappa shape index (κ3) is 3.61. The van der Waals surface area contributed by atoms with E-state index in [1.165, 1.54) is 11.3 Å². The fourth-order valence-electron chi connectivity index (χ4n) is 1.64. The first kappa shape index (κ1) is 14.6. The van der Waals surface area contributed by atoms with Crippen molar-refractivity contribution in [2.45, 2.75) is 32.9 Å². The molecule has 1 heterocycles. The summed E-state index contributed by atoms with van der Waals surface area (Å²) in [4.78, 5) is 12.0. The van der Waals surface area contributed by atoms with Crippen molar-refractivity contribution < 1.29 is 9.90 Å². The molecular formula is C14H17N3O2S. The Morgan fingerprint density at radius 3 is 2.85 bits per heavy atom. The molecule has 0 aliphatic carbocycles. The number of nitrogens with zero attached hydrogens (tertiary/aromatic N) is 2. The predicted octanol–water partition coefficient (Wildman–Crippen LogP) is 2.08. The summed E-state index contributed by atoms with van der Waals surface area (Å²) in [5, 5.41) is 21.8. The average molecular weight is 291 g/mol. The monoisotopic (exact) mass is 291 g/mol. The highest BCUT2D eigenvalue weighted by Gasteiger charge is 2.10. The van der Waals surface area contributed by atoms with Crippen molar-refractivity contribution in [2.75, 3.05) is 0 Å². The minimum atomic E-state index is -0.179. The van der Waals surface area contributed by atoms with Gasteiger partial charge in [-0.1, -0.05) is 37.3 Å². The Bertz CT molecular complexity index is 596. The van der Waals surface area contributed by atoms with Gasteiger partial charge in [-0.05, 0) is 17.7 Å². The molecule has 5 nitrogen and oxygen atoms in total. The molecule has 0 fully saturated rings. The maximum Gasteiger partial charge on any atom is 0.251 e. The number of aliphatic hydroxyl groups excluding tert-OH is 1. The van der Waals surface area contributed by atoms with Gasteiger partial charge < -0.3 is 10.4 Å². The largest absolute Gasteiger partial charge is 0.392 e. The quantitative estimate of drug-likeness (QED) is 0.884. The number of rotatable bonds is 5. The van der Waals surface area contributed by atoms with Crippen molar-refractivity contribution in [2.24, 2.45) is 0 Å². The van der Waals surface area contributed by atoms with Gasteiger partial charge in [0.2, 0.25) is 0 Å². The molecule has 1 aromatic heterocycles. The van der Waals surface area contributed by atoms with Crippen molar-refractivity contribution in [1.82, 2.24) is 15.5 Å². The van der Waals surface area contributed by atoms with E-state index in [0.717, 1.165) is 15.6 Å². The van der Waals surface area contributed by atoms with E-state index in [1.807, 2.05) is 0 Å². The topological polar surface area (TPSA) is 75.1 Å². The highest BCUT2D eigenvalue weighted by Crippen LogP contribution is 2.18. The summed E-state index contributed by atoms with van der Waals surface area (Å²) in [6.07, 6.45) is 0. The maximum atomic E-state index is 12.0. The van der Waals surface area contributed by atoms with Crippen LogP contribution in [0.25, 0.3) is 0 Å². The molecule has 0 atom stereocenters. The number of carbonyl (C=O) groups is 1. The van der Waals surface area contributed by atoms with Crippen molar-refractivity contribution in [3.05, 3.63) is 45.4 Å². The van der Waals surface area contributed by atoms with Crippen molar-refractivity contribution in [3.63, 3.8) is 0 Å². The number of hydrogen-bond acceptors (Lipinski definition) is 5. The molecule has 0 bridgehead atoms. The van der Waals surface area contributed by atoms with E-state index in [0.29, 0.717) is 18.0 Å². The molecule has 0 aliphatic rings. The molecule has 0 saturated heterocycles. The van der Waals surface area contributed by atoms with Gasteiger partial charge in [0.1, 0.15) is 10.0 Å². The molecule has 0 aliphatic heterocycles. The fraction of sp³-hybridized carbons (Fsp3) is 0.357. The van der Waals surface area contributed by atoms with Crippen LogP contribution in [0, 0.1) is 0 Å². The zero-order valence-electron chi connectivity index (χ0n) is 11.5. The van der Waals surface area contributed by atoms with Gasteiger partial charge in [-0.2, -0.15) is 0 Å². The second-order valence-electron chi connectivity index (χ2n) is 4.73. The molecule has 0 spiro atoms. The van der Waals surface area contributed by atoms with E-state index >= 15 is 0 Å². The van der Waals surface area contributed by atoms with Gasteiger partial charge in [-0.3, -0.25) is 4.79 Å². The second kappa shape index (κ2) is 6.58. The summed E-state index contributed by atoms with van der Waals surface area (Å²) in [5.74, 6) is 0.166. The third-order valence-electron chi connectivity index (χ3n) is 2.75. The lowest BCUT2D eigenvalue weighted by Gasteiger charge is -2.04. The minimum Gasteiger partial charge on any atom is -0.392 e. The summed E-state index contributed by atoms with van der Waals surface area (Å²) >= 11 is 1.51. The lowest BCUT2D eigenvalue weighted by atomic mass is 10.1. The van der Waals surface area contributed by atoms with Crippen LogP contribution >= 0.6 is 11.3 Å². The van der Waals surface area contributed by atoms with Crippen LogP contribution in [0.4, 0.5) is 0 Å². The highest BCUT2D eigenvalue weighted by molar-refractivity contribution is 7.11. The average Bonchev–Trinajstić information content (AvgIpc) is 2.94. The minimum absolute atomic E-state index is 0.0741. The van der Waals surface area contributed by atoms with Gasteiger partial charge in [0.05, 0.1) is 13.2 Å². The Labute approximate surface area is 121 Å². The summed E-state index contributed by atoms with van der Waals surface area (Å²) in [7, 11) is 0. The van der Waals surface area contributed by atoms with Gasteiger partial charge in [0.25, 0.3) is 5.91 Å². The zero-order valence-corrected chi connectivity index (χ0v) is 12.3. The molecule has 2 aromatic rings. The first-order chi connectivity index (χ1) is 9.60. The van der Waals surface area contributed by atoms with Crippen LogP contribution in [0.2, 0.25) is 0 Å². The molecular weight excluding hydrogens is 274 g/mol. The molecule has 106 valence electrons. The summed E-state index contributed by atoms with van der Waals surface area (Å²) in [5.41, 5.74) is 1.25. The van der Waals surface area contributed by atoms with E-state index in [2.05, 4.69) is 29.4 Å². The Balaban J connectivity index is 1.97. The molecule has 1 amide bonds. The lowest BCUT2D eigenvalue weighted by molar-refractivity contribution is 0.0950. The number of nitrogens with one attached hydrogen (secondary N) is 1. The Morgan fingerprint density at radius 2 is 2.20 bits per heavy atom. The van der Waals surface area contributed by atoms with Crippen LogP contribution in [0.5, 0.6) is 0 Å². The Hall–Kier alpha value is -1.79. The van der Waals surface area contributed by atoms with Crippen LogP contribution in [0.1, 0.15) is 45.7 Å². The summed E-state index contributed by atoms with van der Waals surface area (Å²) in [6, 6.07) is 6.92. The van der Waals surface area contributed by atoms with Crippen LogP contribution in [0.15, 0.2) is 24.3 Å². The van der Waals surface area contributed by atoms with E-state index in [4.69, 9.17) is 5.11 Å². The maximum absolute atomic E-state index is 12.0. The normalized spacial score (nSPS) is 10.8. The summed E-state index contributed by atoms with van der Waals surface area (Å²) in [6.45, 7) is 4.41. The van der Waals surface area contributed by atoms with Gasteiger partial charge >= 0.3 is 0 Å². The highest BCUT2D eigenvalue weighted by atomic mass is 32.1. The predicted molar refractivity (Wildman–Crippen MR) is 77.5 cm³/mol.